The van der Waals surface area contributed by atoms with Gasteiger partial charge in [0, 0.05) is 0 Å². The second kappa shape index (κ2) is 3.63. The Morgan fingerprint density at radius 3 is 2.00 bits per heavy atom. The third-order valence-corrected chi connectivity index (χ3v) is 5.08. The SMILES string of the molecule is CP(C)(C)(OB(O)O)c1ccccc1. The van der Waals surface area contributed by atoms with E-state index in [0.717, 1.165) is 5.30 Å². The molecule has 0 saturated heterocycles. The summed E-state index contributed by atoms with van der Waals surface area (Å²) in [4.78, 5) is 0. The Balaban J connectivity index is 3.04. The van der Waals surface area contributed by atoms with Gasteiger partial charge >= 0.3 is 84.3 Å². The van der Waals surface area contributed by atoms with Gasteiger partial charge in [-0.25, -0.2) is 0 Å². The summed E-state index contributed by atoms with van der Waals surface area (Å²) < 4.78 is 5.25. The van der Waals surface area contributed by atoms with Crippen molar-refractivity contribution in [3.8, 4) is 0 Å². The average Bonchev–Trinajstić information content (AvgIpc) is 2.02. The van der Waals surface area contributed by atoms with Crippen molar-refractivity contribution in [2.24, 2.45) is 0 Å². The van der Waals surface area contributed by atoms with Crippen molar-refractivity contribution in [1.29, 1.82) is 0 Å². The van der Waals surface area contributed by atoms with Gasteiger partial charge in [0.2, 0.25) is 0 Å². The number of hydrogen-bond donors (Lipinski definition) is 2. The van der Waals surface area contributed by atoms with Gasteiger partial charge in [0.15, 0.2) is 0 Å². The standard InChI is InChI=1S/C9H16BO3P/c1-14(2,3,13-10(11)12)9-7-5-4-6-8-9/h4-8,11-12H,1-3H3. The van der Waals surface area contributed by atoms with E-state index in [1.807, 2.05) is 50.3 Å². The van der Waals surface area contributed by atoms with Gasteiger partial charge in [-0.2, -0.15) is 0 Å². The van der Waals surface area contributed by atoms with E-state index >= 15 is 0 Å². The van der Waals surface area contributed by atoms with E-state index in [4.69, 9.17) is 14.5 Å². The third-order valence-electron chi connectivity index (χ3n) is 2.10. The molecule has 0 aliphatic heterocycles. The molecule has 78 valence electrons. The summed E-state index contributed by atoms with van der Waals surface area (Å²) in [5.74, 6) is 0. The zero-order valence-corrected chi connectivity index (χ0v) is 9.61. The van der Waals surface area contributed by atoms with Crippen LogP contribution in [0.1, 0.15) is 0 Å². The van der Waals surface area contributed by atoms with Crippen molar-refractivity contribution in [3.63, 3.8) is 0 Å². The Labute approximate surface area is 84.9 Å². The summed E-state index contributed by atoms with van der Waals surface area (Å²) in [6, 6.07) is 9.65. The van der Waals surface area contributed by atoms with Crippen molar-refractivity contribution in [3.05, 3.63) is 30.3 Å². The maximum absolute atomic E-state index is 8.88. The van der Waals surface area contributed by atoms with Crippen LogP contribution in [-0.4, -0.2) is 37.4 Å². The van der Waals surface area contributed by atoms with Crippen LogP contribution in [0.3, 0.4) is 0 Å². The van der Waals surface area contributed by atoms with Gasteiger partial charge in [-0.1, -0.05) is 0 Å². The van der Waals surface area contributed by atoms with Crippen LogP contribution in [-0.2, 0) is 4.44 Å². The Bertz CT molecular complexity index is 305. The fourth-order valence-corrected chi connectivity index (χ4v) is 3.30. The summed E-state index contributed by atoms with van der Waals surface area (Å²) >= 11 is 0. The normalized spacial score (nSPS) is 14.5. The van der Waals surface area contributed by atoms with Crippen LogP contribution in [0.15, 0.2) is 30.3 Å². The topological polar surface area (TPSA) is 49.7 Å². The number of benzene rings is 1. The van der Waals surface area contributed by atoms with Crippen molar-refractivity contribution < 1.29 is 14.5 Å². The fraction of sp³-hybridized carbons (Fsp3) is 0.333. The molecule has 0 fully saturated rings. The van der Waals surface area contributed by atoms with Crippen LogP contribution in [0.5, 0.6) is 0 Å². The molecule has 0 bridgehead atoms. The maximum atomic E-state index is 8.88. The van der Waals surface area contributed by atoms with E-state index in [1.54, 1.807) is 0 Å². The first-order valence-electron chi connectivity index (χ1n) is 4.41. The zero-order valence-electron chi connectivity index (χ0n) is 8.71. The molecular formula is C9H16BO3P. The molecule has 14 heavy (non-hydrogen) atoms. The van der Waals surface area contributed by atoms with Crippen LogP contribution < -0.4 is 5.30 Å². The molecule has 1 aromatic rings. The van der Waals surface area contributed by atoms with E-state index in [0.29, 0.717) is 0 Å². The minimum absolute atomic E-state index is 1.02. The van der Waals surface area contributed by atoms with Crippen LogP contribution in [0.25, 0.3) is 0 Å². The van der Waals surface area contributed by atoms with Crippen LogP contribution in [0.2, 0.25) is 0 Å². The van der Waals surface area contributed by atoms with E-state index in [9.17, 15) is 0 Å². The summed E-state index contributed by atoms with van der Waals surface area (Å²) in [5, 5.41) is 18.8. The van der Waals surface area contributed by atoms with Gasteiger partial charge in [0.25, 0.3) is 0 Å². The molecule has 5 heteroatoms. The van der Waals surface area contributed by atoms with Crippen molar-refractivity contribution in [1.82, 2.24) is 0 Å². The molecule has 2 N–H and O–H groups in total. The molecule has 0 aliphatic carbocycles. The molecular weight excluding hydrogens is 198 g/mol. The molecule has 0 radical (unpaired) electrons. The predicted molar refractivity (Wildman–Crippen MR) is 62.0 cm³/mol. The first-order chi connectivity index (χ1) is 6.30. The van der Waals surface area contributed by atoms with Gasteiger partial charge in [0.1, 0.15) is 0 Å². The first kappa shape index (κ1) is 11.7. The summed E-state index contributed by atoms with van der Waals surface area (Å²) in [6.45, 7) is 3.18. The van der Waals surface area contributed by atoms with Crippen molar-refractivity contribution in [2.75, 3.05) is 20.0 Å². The molecule has 1 aromatic carbocycles. The monoisotopic (exact) mass is 214 g/mol. The molecule has 3 nitrogen and oxygen atoms in total. The third kappa shape index (κ3) is 2.79. The van der Waals surface area contributed by atoms with E-state index in [-0.39, 0.29) is 0 Å². The van der Waals surface area contributed by atoms with Crippen LogP contribution >= 0.6 is 6.83 Å². The molecule has 0 saturated carbocycles. The molecule has 0 unspecified atom stereocenters. The van der Waals surface area contributed by atoms with Crippen molar-refractivity contribution >= 4 is 19.5 Å². The Morgan fingerprint density at radius 2 is 1.57 bits per heavy atom. The van der Waals surface area contributed by atoms with Gasteiger partial charge in [-0.3, -0.25) is 0 Å². The molecule has 0 atom stereocenters. The Kier molecular flexibility index (Phi) is 3.03. The van der Waals surface area contributed by atoms with Gasteiger partial charge in [0.05, 0.1) is 0 Å². The van der Waals surface area contributed by atoms with Crippen molar-refractivity contribution in [2.45, 2.75) is 0 Å². The zero-order chi connectivity index (χ0) is 10.8. The fourth-order valence-electron chi connectivity index (χ4n) is 1.33. The molecule has 0 aromatic heterocycles. The van der Waals surface area contributed by atoms with Gasteiger partial charge in [-0.05, 0) is 0 Å². The first-order valence-corrected chi connectivity index (χ1v) is 7.91. The minimum atomic E-state index is -2.61. The van der Waals surface area contributed by atoms with Crippen LogP contribution in [0, 0.1) is 0 Å². The van der Waals surface area contributed by atoms with E-state index in [2.05, 4.69) is 0 Å². The molecule has 0 spiro atoms. The second-order valence-corrected chi connectivity index (χ2v) is 10.4. The molecule has 0 amide bonds. The van der Waals surface area contributed by atoms with Gasteiger partial charge < -0.3 is 0 Å². The summed E-state index contributed by atoms with van der Waals surface area (Å²) in [6.07, 6.45) is 0. The Morgan fingerprint density at radius 1 is 1.07 bits per heavy atom. The summed E-state index contributed by atoms with van der Waals surface area (Å²) in [5.41, 5.74) is 0. The van der Waals surface area contributed by atoms with E-state index < -0.39 is 14.2 Å². The van der Waals surface area contributed by atoms with E-state index in [1.165, 1.54) is 0 Å². The summed E-state index contributed by atoms with van der Waals surface area (Å²) in [7, 11) is -1.71. The van der Waals surface area contributed by atoms with Gasteiger partial charge in [-0.15, -0.1) is 0 Å². The number of rotatable bonds is 3. The quantitative estimate of drug-likeness (QED) is 0.573. The average molecular weight is 214 g/mol. The predicted octanol–water partition coefficient (Wildman–Crippen LogP) is 0.656. The second-order valence-electron chi connectivity index (χ2n) is 4.42. The molecule has 0 heterocycles. The molecule has 0 aliphatic rings. The Hall–Kier alpha value is -0.405. The number of hydrogen-bond acceptors (Lipinski definition) is 3. The molecule has 1 rings (SSSR count). The van der Waals surface area contributed by atoms with Crippen LogP contribution in [0.4, 0.5) is 0 Å².